The summed E-state index contributed by atoms with van der Waals surface area (Å²) in [6, 6.07) is 3.91. The number of halogens is 3. The Balaban J connectivity index is 3.00. The molecule has 4 N–H and O–H groups in total. The zero-order valence-electron chi connectivity index (χ0n) is 11.6. The standard InChI is InChI=1S/C13H20F3N3O/c1-3-4-10(8-17)18-9-5-6-12(19-20-2)11(7-9)13(14,15)16/h5-7,10,18-19H,3-4,8,17H2,1-2H3/t10-/m1/s1. The Morgan fingerprint density at radius 3 is 2.55 bits per heavy atom. The topological polar surface area (TPSA) is 59.3 Å². The van der Waals surface area contributed by atoms with Gasteiger partial charge in [-0.25, -0.2) is 0 Å². The van der Waals surface area contributed by atoms with Gasteiger partial charge < -0.3 is 11.1 Å². The van der Waals surface area contributed by atoms with E-state index < -0.39 is 11.7 Å². The van der Waals surface area contributed by atoms with Crippen LogP contribution >= 0.6 is 0 Å². The molecule has 0 aliphatic rings. The van der Waals surface area contributed by atoms with Crippen LogP contribution in [0.4, 0.5) is 24.5 Å². The van der Waals surface area contributed by atoms with E-state index in [9.17, 15) is 13.2 Å². The van der Waals surface area contributed by atoms with E-state index in [0.717, 1.165) is 18.9 Å². The minimum absolute atomic E-state index is 0.0395. The van der Waals surface area contributed by atoms with Gasteiger partial charge in [0.1, 0.15) is 0 Å². The van der Waals surface area contributed by atoms with E-state index >= 15 is 0 Å². The molecule has 0 heterocycles. The van der Waals surface area contributed by atoms with Crippen LogP contribution in [0.2, 0.25) is 0 Å². The predicted molar refractivity (Wildman–Crippen MR) is 73.4 cm³/mol. The molecule has 0 saturated carbocycles. The third kappa shape index (κ3) is 4.57. The fourth-order valence-corrected chi connectivity index (χ4v) is 1.90. The molecule has 1 atom stereocenters. The van der Waals surface area contributed by atoms with Crippen LogP contribution in [0.1, 0.15) is 25.3 Å². The lowest BCUT2D eigenvalue weighted by atomic mass is 10.1. The van der Waals surface area contributed by atoms with Gasteiger partial charge in [-0.15, -0.1) is 0 Å². The Labute approximate surface area is 116 Å². The second-order valence-corrected chi connectivity index (χ2v) is 4.43. The van der Waals surface area contributed by atoms with Crippen molar-refractivity contribution in [1.29, 1.82) is 0 Å². The normalized spacial score (nSPS) is 13.1. The van der Waals surface area contributed by atoms with Gasteiger partial charge in [-0.3, -0.25) is 10.3 Å². The second-order valence-electron chi connectivity index (χ2n) is 4.43. The molecule has 1 rings (SSSR count). The van der Waals surface area contributed by atoms with Crippen molar-refractivity contribution in [2.75, 3.05) is 24.5 Å². The summed E-state index contributed by atoms with van der Waals surface area (Å²) < 4.78 is 38.9. The molecule has 7 heteroatoms. The molecule has 0 saturated heterocycles. The average molecular weight is 291 g/mol. The maximum atomic E-state index is 13.0. The molecule has 4 nitrogen and oxygen atoms in total. The zero-order valence-corrected chi connectivity index (χ0v) is 11.6. The monoisotopic (exact) mass is 291 g/mol. The summed E-state index contributed by atoms with van der Waals surface area (Å²) in [5.41, 5.74) is 7.31. The Bertz CT molecular complexity index is 424. The van der Waals surface area contributed by atoms with Gasteiger partial charge in [0.05, 0.1) is 18.4 Å². The summed E-state index contributed by atoms with van der Waals surface area (Å²) in [7, 11) is 1.26. The van der Waals surface area contributed by atoms with E-state index in [-0.39, 0.29) is 11.7 Å². The first-order chi connectivity index (χ1) is 9.42. The summed E-state index contributed by atoms with van der Waals surface area (Å²) in [5.74, 6) is 0. The first-order valence-electron chi connectivity index (χ1n) is 6.39. The molecule has 0 aromatic heterocycles. The van der Waals surface area contributed by atoms with Crippen LogP contribution in [-0.2, 0) is 11.0 Å². The van der Waals surface area contributed by atoms with Crippen molar-refractivity contribution >= 4 is 11.4 Å². The summed E-state index contributed by atoms with van der Waals surface area (Å²) in [6.45, 7) is 2.37. The molecule has 114 valence electrons. The van der Waals surface area contributed by atoms with Crippen molar-refractivity contribution in [1.82, 2.24) is 0 Å². The molecule has 0 amide bonds. The van der Waals surface area contributed by atoms with Crippen molar-refractivity contribution in [2.45, 2.75) is 32.0 Å². The van der Waals surface area contributed by atoms with Crippen molar-refractivity contribution in [2.24, 2.45) is 5.73 Å². The quantitative estimate of drug-likeness (QED) is 0.675. The maximum absolute atomic E-state index is 13.0. The highest BCUT2D eigenvalue weighted by molar-refractivity contribution is 5.60. The number of hydrogen-bond acceptors (Lipinski definition) is 4. The molecule has 0 radical (unpaired) electrons. The number of rotatable bonds is 7. The highest BCUT2D eigenvalue weighted by atomic mass is 19.4. The van der Waals surface area contributed by atoms with Crippen molar-refractivity contribution in [3.63, 3.8) is 0 Å². The van der Waals surface area contributed by atoms with Gasteiger partial charge in [0, 0.05) is 18.3 Å². The van der Waals surface area contributed by atoms with Crippen LogP contribution in [0.25, 0.3) is 0 Å². The Kier molecular flexibility index (Phi) is 6.09. The van der Waals surface area contributed by atoms with Crippen molar-refractivity contribution in [3.05, 3.63) is 23.8 Å². The number of hydrogen-bond donors (Lipinski definition) is 3. The van der Waals surface area contributed by atoms with E-state index in [1.54, 1.807) is 6.07 Å². The Morgan fingerprint density at radius 2 is 2.05 bits per heavy atom. The highest BCUT2D eigenvalue weighted by Gasteiger charge is 2.34. The molecule has 20 heavy (non-hydrogen) atoms. The molecule has 1 aromatic carbocycles. The number of nitrogens with two attached hydrogens (primary N) is 1. The predicted octanol–water partition coefficient (Wildman–Crippen LogP) is 3.22. The molecule has 0 bridgehead atoms. The largest absolute Gasteiger partial charge is 0.418 e. The maximum Gasteiger partial charge on any atom is 0.418 e. The van der Waals surface area contributed by atoms with Gasteiger partial charge in [0.15, 0.2) is 0 Å². The second kappa shape index (κ2) is 7.35. The summed E-state index contributed by atoms with van der Waals surface area (Å²) in [6.07, 6.45) is -2.75. The van der Waals surface area contributed by atoms with Crippen molar-refractivity contribution < 1.29 is 18.0 Å². The van der Waals surface area contributed by atoms with Gasteiger partial charge in [0.25, 0.3) is 0 Å². The molecular weight excluding hydrogens is 271 g/mol. The van der Waals surface area contributed by atoms with E-state index in [4.69, 9.17) is 5.73 Å². The fourth-order valence-electron chi connectivity index (χ4n) is 1.90. The van der Waals surface area contributed by atoms with Gasteiger partial charge >= 0.3 is 6.18 Å². The van der Waals surface area contributed by atoms with Crippen LogP contribution < -0.4 is 16.5 Å². The van der Waals surface area contributed by atoms with Crippen LogP contribution in [0.5, 0.6) is 0 Å². The molecular formula is C13H20F3N3O. The first-order valence-corrected chi connectivity index (χ1v) is 6.39. The number of anilines is 2. The molecule has 1 aromatic rings. The Hall–Kier alpha value is -1.47. The smallest absolute Gasteiger partial charge is 0.381 e. The highest BCUT2D eigenvalue weighted by Crippen LogP contribution is 2.36. The van der Waals surface area contributed by atoms with E-state index in [2.05, 4.69) is 15.6 Å². The van der Waals surface area contributed by atoms with E-state index in [1.807, 2.05) is 6.92 Å². The van der Waals surface area contributed by atoms with E-state index in [0.29, 0.717) is 12.2 Å². The minimum atomic E-state index is -4.46. The van der Waals surface area contributed by atoms with Gasteiger partial charge in [0.2, 0.25) is 0 Å². The van der Waals surface area contributed by atoms with Crippen LogP contribution in [0.15, 0.2) is 18.2 Å². The minimum Gasteiger partial charge on any atom is -0.381 e. The average Bonchev–Trinajstić information content (AvgIpc) is 2.39. The van der Waals surface area contributed by atoms with E-state index in [1.165, 1.54) is 13.2 Å². The number of alkyl halides is 3. The van der Waals surface area contributed by atoms with Crippen molar-refractivity contribution in [3.8, 4) is 0 Å². The van der Waals surface area contributed by atoms with Crippen LogP contribution in [0, 0.1) is 0 Å². The molecule has 0 unspecified atom stereocenters. The zero-order chi connectivity index (χ0) is 15.2. The lowest BCUT2D eigenvalue weighted by Crippen LogP contribution is -2.28. The van der Waals surface area contributed by atoms with Crippen LogP contribution in [-0.4, -0.2) is 19.7 Å². The van der Waals surface area contributed by atoms with Gasteiger partial charge in [-0.05, 0) is 24.6 Å². The molecule has 0 aliphatic heterocycles. The Morgan fingerprint density at radius 1 is 1.35 bits per heavy atom. The molecule has 0 aliphatic carbocycles. The number of nitrogens with one attached hydrogen (secondary N) is 2. The summed E-state index contributed by atoms with van der Waals surface area (Å²) >= 11 is 0. The van der Waals surface area contributed by atoms with Crippen LogP contribution in [0.3, 0.4) is 0 Å². The molecule has 0 spiro atoms. The van der Waals surface area contributed by atoms with Gasteiger partial charge in [-0.2, -0.15) is 13.2 Å². The van der Waals surface area contributed by atoms with Gasteiger partial charge in [-0.1, -0.05) is 13.3 Å². The molecule has 0 fully saturated rings. The summed E-state index contributed by atoms with van der Waals surface area (Å²) in [4.78, 5) is 4.55. The lowest BCUT2D eigenvalue weighted by molar-refractivity contribution is -0.137. The number of benzene rings is 1. The lowest BCUT2D eigenvalue weighted by Gasteiger charge is -2.20. The third-order valence-electron chi connectivity index (χ3n) is 2.83. The first kappa shape index (κ1) is 16.6. The fraction of sp³-hybridized carbons (Fsp3) is 0.538. The third-order valence-corrected chi connectivity index (χ3v) is 2.83. The summed E-state index contributed by atoms with van der Waals surface area (Å²) in [5, 5.41) is 3.02. The SMILES string of the molecule is CCC[C@H](CN)Nc1ccc(NOC)c(C(F)(F)F)c1.